The SMILES string of the molecule is CNc1ncnnc1C1CCC1. The minimum absolute atomic E-state index is 0.591. The van der Waals surface area contributed by atoms with Crippen molar-refractivity contribution >= 4 is 5.82 Å². The number of rotatable bonds is 2. The first-order valence-electron chi connectivity index (χ1n) is 4.27. The van der Waals surface area contributed by atoms with Gasteiger partial charge in [0, 0.05) is 13.0 Å². The minimum atomic E-state index is 0.591. The van der Waals surface area contributed by atoms with Crippen molar-refractivity contribution in [3.63, 3.8) is 0 Å². The van der Waals surface area contributed by atoms with Crippen molar-refractivity contribution in [3.05, 3.63) is 12.0 Å². The van der Waals surface area contributed by atoms with Crippen LogP contribution in [0.4, 0.5) is 5.82 Å². The summed E-state index contributed by atoms with van der Waals surface area (Å²) in [5, 5.41) is 10.9. The van der Waals surface area contributed by atoms with Crippen LogP contribution < -0.4 is 5.32 Å². The fourth-order valence-corrected chi connectivity index (χ4v) is 1.43. The molecule has 0 bridgehead atoms. The van der Waals surface area contributed by atoms with Gasteiger partial charge in [0.15, 0.2) is 5.82 Å². The van der Waals surface area contributed by atoms with Gasteiger partial charge in [-0.25, -0.2) is 4.98 Å². The fraction of sp³-hybridized carbons (Fsp3) is 0.625. The van der Waals surface area contributed by atoms with Gasteiger partial charge in [-0.2, -0.15) is 0 Å². The van der Waals surface area contributed by atoms with Gasteiger partial charge in [0.1, 0.15) is 12.0 Å². The molecule has 0 radical (unpaired) electrons. The van der Waals surface area contributed by atoms with E-state index in [1.807, 2.05) is 7.05 Å². The zero-order valence-electron chi connectivity index (χ0n) is 7.12. The second kappa shape index (κ2) is 3.05. The highest BCUT2D eigenvalue weighted by Gasteiger charge is 2.24. The first-order chi connectivity index (χ1) is 5.92. The molecule has 1 N–H and O–H groups in total. The molecule has 4 heteroatoms. The van der Waals surface area contributed by atoms with Gasteiger partial charge in [-0.1, -0.05) is 6.42 Å². The van der Waals surface area contributed by atoms with Crippen molar-refractivity contribution < 1.29 is 0 Å². The highest BCUT2D eigenvalue weighted by molar-refractivity contribution is 5.40. The van der Waals surface area contributed by atoms with Crippen LogP contribution in [0.15, 0.2) is 6.33 Å². The van der Waals surface area contributed by atoms with Gasteiger partial charge in [0.25, 0.3) is 0 Å². The zero-order valence-corrected chi connectivity index (χ0v) is 7.12. The first kappa shape index (κ1) is 7.46. The topological polar surface area (TPSA) is 50.7 Å². The molecule has 12 heavy (non-hydrogen) atoms. The monoisotopic (exact) mass is 164 g/mol. The first-order valence-corrected chi connectivity index (χ1v) is 4.27. The maximum Gasteiger partial charge on any atom is 0.151 e. The average Bonchev–Trinajstić information content (AvgIpc) is 2.02. The highest BCUT2D eigenvalue weighted by Crippen LogP contribution is 2.37. The van der Waals surface area contributed by atoms with E-state index in [-0.39, 0.29) is 0 Å². The Morgan fingerprint density at radius 1 is 1.50 bits per heavy atom. The Bertz CT molecular complexity index is 270. The van der Waals surface area contributed by atoms with Crippen LogP contribution in [0.2, 0.25) is 0 Å². The molecule has 0 unspecified atom stereocenters. The molecule has 0 saturated heterocycles. The Kier molecular flexibility index (Phi) is 1.89. The van der Waals surface area contributed by atoms with Crippen LogP contribution in [0.1, 0.15) is 30.9 Å². The van der Waals surface area contributed by atoms with E-state index in [1.54, 1.807) is 0 Å². The van der Waals surface area contributed by atoms with Crippen LogP contribution in [0.25, 0.3) is 0 Å². The van der Waals surface area contributed by atoms with Crippen molar-refractivity contribution in [3.8, 4) is 0 Å². The van der Waals surface area contributed by atoms with Crippen LogP contribution >= 0.6 is 0 Å². The number of aromatic nitrogens is 3. The summed E-state index contributed by atoms with van der Waals surface area (Å²) in [4.78, 5) is 4.12. The molecule has 0 aliphatic heterocycles. The molecule has 1 aliphatic carbocycles. The molecule has 1 aliphatic rings. The van der Waals surface area contributed by atoms with Crippen LogP contribution in [0.3, 0.4) is 0 Å². The van der Waals surface area contributed by atoms with Gasteiger partial charge in [-0.3, -0.25) is 0 Å². The summed E-state index contributed by atoms with van der Waals surface area (Å²) in [6, 6.07) is 0. The van der Waals surface area contributed by atoms with E-state index in [0.717, 1.165) is 11.5 Å². The molecule has 0 spiro atoms. The smallest absolute Gasteiger partial charge is 0.151 e. The third-order valence-corrected chi connectivity index (χ3v) is 2.38. The third-order valence-electron chi connectivity index (χ3n) is 2.38. The van der Waals surface area contributed by atoms with E-state index in [9.17, 15) is 0 Å². The fourth-order valence-electron chi connectivity index (χ4n) is 1.43. The Labute approximate surface area is 71.4 Å². The maximum atomic E-state index is 4.12. The predicted molar refractivity (Wildman–Crippen MR) is 46.0 cm³/mol. The summed E-state index contributed by atoms with van der Waals surface area (Å²) in [6.07, 6.45) is 5.25. The zero-order chi connectivity index (χ0) is 8.39. The molecule has 4 nitrogen and oxygen atoms in total. The summed E-state index contributed by atoms with van der Waals surface area (Å²) in [5.41, 5.74) is 1.03. The summed E-state index contributed by atoms with van der Waals surface area (Å²) >= 11 is 0. The lowest BCUT2D eigenvalue weighted by Gasteiger charge is -2.25. The van der Waals surface area contributed by atoms with E-state index in [2.05, 4.69) is 20.5 Å². The maximum absolute atomic E-state index is 4.12. The third kappa shape index (κ3) is 1.13. The molecule has 1 aromatic heterocycles. The number of nitrogens with zero attached hydrogens (tertiary/aromatic N) is 3. The number of hydrogen-bond acceptors (Lipinski definition) is 4. The van der Waals surface area contributed by atoms with Crippen LogP contribution in [-0.2, 0) is 0 Å². The van der Waals surface area contributed by atoms with E-state index in [4.69, 9.17) is 0 Å². The minimum Gasteiger partial charge on any atom is -0.372 e. The molecule has 1 aromatic rings. The molecule has 1 heterocycles. The van der Waals surface area contributed by atoms with Gasteiger partial charge < -0.3 is 5.32 Å². The normalized spacial score (nSPS) is 17.1. The van der Waals surface area contributed by atoms with Gasteiger partial charge >= 0.3 is 0 Å². The molecule has 0 atom stereocenters. The molecule has 1 fully saturated rings. The highest BCUT2D eigenvalue weighted by atomic mass is 15.2. The van der Waals surface area contributed by atoms with Crippen molar-refractivity contribution in [2.24, 2.45) is 0 Å². The van der Waals surface area contributed by atoms with Gasteiger partial charge in [0.2, 0.25) is 0 Å². The summed E-state index contributed by atoms with van der Waals surface area (Å²) < 4.78 is 0. The number of anilines is 1. The van der Waals surface area contributed by atoms with Crippen LogP contribution in [0, 0.1) is 0 Å². The summed E-state index contributed by atoms with van der Waals surface area (Å²) in [5.74, 6) is 1.48. The van der Waals surface area contributed by atoms with E-state index in [0.29, 0.717) is 5.92 Å². The van der Waals surface area contributed by atoms with Crippen molar-refractivity contribution in [2.45, 2.75) is 25.2 Å². The molecule has 2 rings (SSSR count). The predicted octanol–water partition coefficient (Wildman–Crippen LogP) is 1.18. The quantitative estimate of drug-likeness (QED) is 0.713. The summed E-state index contributed by atoms with van der Waals surface area (Å²) in [7, 11) is 1.87. The molecular formula is C8H12N4. The molecule has 0 amide bonds. The Hall–Kier alpha value is -1.19. The molecular weight excluding hydrogens is 152 g/mol. The molecule has 1 saturated carbocycles. The van der Waals surface area contributed by atoms with Gasteiger partial charge in [-0.05, 0) is 12.8 Å². The van der Waals surface area contributed by atoms with Crippen LogP contribution in [0.5, 0.6) is 0 Å². The molecule has 64 valence electrons. The van der Waals surface area contributed by atoms with Gasteiger partial charge in [0.05, 0.1) is 0 Å². The van der Waals surface area contributed by atoms with E-state index < -0.39 is 0 Å². The van der Waals surface area contributed by atoms with Crippen molar-refractivity contribution in [2.75, 3.05) is 12.4 Å². The van der Waals surface area contributed by atoms with Crippen molar-refractivity contribution in [1.82, 2.24) is 15.2 Å². The second-order valence-corrected chi connectivity index (χ2v) is 3.07. The molecule has 0 aromatic carbocycles. The Morgan fingerprint density at radius 3 is 2.92 bits per heavy atom. The lowest BCUT2D eigenvalue weighted by molar-refractivity contribution is 0.407. The largest absolute Gasteiger partial charge is 0.372 e. The summed E-state index contributed by atoms with van der Waals surface area (Å²) in [6.45, 7) is 0. The van der Waals surface area contributed by atoms with E-state index in [1.165, 1.54) is 25.6 Å². The Morgan fingerprint density at radius 2 is 2.33 bits per heavy atom. The Balaban J connectivity index is 2.27. The second-order valence-electron chi connectivity index (χ2n) is 3.07. The lowest BCUT2D eigenvalue weighted by atomic mass is 9.83. The van der Waals surface area contributed by atoms with Crippen LogP contribution in [-0.4, -0.2) is 22.2 Å². The van der Waals surface area contributed by atoms with Crippen molar-refractivity contribution in [1.29, 1.82) is 0 Å². The number of hydrogen-bond donors (Lipinski definition) is 1. The average molecular weight is 164 g/mol. The lowest BCUT2D eigenvalue weighted by Crippen LogP contribution is -2.14. The van der Waals surface area contributed by atoms with E-state index >= 15 is 0 Å². The number of nitrogens with one attached hydrogen (secondary N) is 1. The standard InChI is InChI=1S/C8H12N4/c1-9-8-7(6-3-2-4-6)12-11-5-10-8/h5-6H,2-4H2,1H3,(H,9,10,11). The van der Waals surface area contributed by atoms with Gasteiger partial charge in [-0.15, -0.1) is 10.2 Å².